The zero-order valence-electron chi connectivity index (χ0n) is 19.0. The van der Waals surface area contributed by atoms with Crippen LogP contribution in [0.1, 0.15) is 17.1 Å². The summed E-state index contributed by atoms with van der Waals surface area (Å²) < 4.78 is 13.0. The smallest absolute Gasteiger partial charge is 0.236 e. The fraction of sp³-hybridized carbons (Fsp3) is 0.222. The van der Waals surface area contributed by atoms with E-state index in [1.807, 2.05) is 65.2 Å². The maximum atomic E-state index is 10.0. The molecule has 0 amide bonds. The van der Waals surface area contributed by atoms with E-state index in [1.54, 1.807) is 7.11 Å². The molecular formula is C27H26N4O3. The molecule has 5 rings (SSSR count). The number of fused-ring (bicyclic) bond motifs is 2. The fourth-order valence-corrected chi connectivity index (χ4v) is 4.13. The third-order valence-corrected chi connectivity index (χ3v) is 5.77. The molecule has 7 nitrogen and oxygen atoms in total. The Labute approximate surface area is 197 Å². The van der Waals surface area contributed by atoms with Crippen LogP contribution in [-0.4, -0.2) is 44.9 Å². The Bertz CT molecular complexity index is 1420. The summed E-state index contributed by atoms with van der Waals surface area (Å²) in [6.45, 7) is 0.682. The van der Waals surface area contributed by atoms with Crippen LogP contribution in [0.5, 0.6) is 5.75 Å². The Balaban J connectivity index is 1.67. The normalized spacial score (nSPS) is 11.4. The molecule has 0 aliphatic heterocycles. The predicted molar refractivity (Wildman–Crippen MR) is 131 cm³/mol. The molecule has 0 aliphatic rings. The van der Waals surface area contributed by atoms with Gasteiger partial charge in [0.2, 0.25) is 5.95 Å². The van der Waals surface area contributed by atoms with Crippen molar-refractivity contribution in [3.05, 3.63) is 89.9 Å². The number of aromatic nitrogens is 4. The number of rotatable bonds is 9. The third kappa shape index (κ3) is 4.35. The highest BCUT2D eigenvalue weighted by atomic mass is 16.5. The number of nitrogens with zero attached hydrogens (tertiary/aromatic N) is 4. The van der Waals surface area contributed by atoms with Gasteiger partial charge in [-0.3, -0.25) is 4.57 Å². The molecule has 0 fully saturated rings. The topological polar surface area (TPSA) is 82.3 Å². The summed E-state index contributed by atoms with van der Waals surface area (Å²) in [5, 5.41) is 11.0. The average Bonchev–Trinajstić information content (AvgIpc) is 3.27. The Morgan fingerprint density at radius 3 is 2.47 bits per heavy atom. The number of aliphatic hydroxyl groups excluding tert-OH is 1. The van der Waals surface area contributed by atoms with Crippen molar-refractivity contribution >= 4 is 21.9 Å². The second-order valence-corrected chi connectivity index (χ2v) is 7.96. The highest BCUT2D eigenvalue weighted by Gasteiger charge is 2.18. The summed E-state index contributed by atoms with van der Waals surface area (Å²) in [6.07, 6.45) is 1.58. The standard InChI is InChI=1S/C27H26N4O3/c1-33-16-17-34-24-13-7-10-20-21(15-14-19-8-3-2-4-9-19)29-27(30-26(20)24)31-23-12-6-5-11-22(23)28-25(31)18-32/h2-13,32H,14-18H2,1H3. The van der Waals surface area contributed by atoms with Gasteiger partial charge in [0.05, 0.1) is 23.3 Å². The number of benzene rings is 3. The molecule has 0 radical (unpaired) electrons. The molecule has 34 heavy (non-hydrogen) atoms. The van der Waals surface area contributed by atoms with Crippen molar-refractivity contribution in [2.75, 3.05) is 20.3 Å². The molecule has 1 N–H and O–H groups in total. The van der Waals surface area contributed by atoms with E-state index < -0.39 is 0 Å². The van der Waals surface area contributed by atoms with Crippen molar-refractivity contribution in [2.45, 2.75) is 19.4 Å². The van der Waals surface area contributed by atoms with Crippen LogP contribution < -0.4 is 4.74 Å². The van der Waals surface area contributed by atoms with Crippen LogP contribution in [-0.2, 0) is 24.2 Å². The Kier molecular flexibility index (Phi) is 6.46. The molecule has 0 saturated heterocycles. The molecular weight excluding hydrogens is 428 g/mol. The minimum atomic E-state index is -0.221. The number of aryl methyl sites for hydroxylation is 2. The summed E-state index contributed by atoms with van der Waals surface area (Å²) in [5.74, 6) is 1.64. The zero-order chi connectivity index (χ0) is 23.3. The molecule has 0 spiro atoms. The van der Waals surface area contributed by atoms with Gasteiger partial charge < -0.3 is 14.6 Å². The van der Waals surface area contributed by atoms with Gasteiger partial charge in [0.15, 0.2) is 0 Å². The Morgan fingerprint density at radius 1 is 0.824 bits per heavy atom. The van der Waals surface area contributed by atoms with E-state index in [0.29, 0.717) is 30.7 Å². The molecule has 3 aromatic carbocycles. The molecule has 2 aromatic heterocycles. The van der Waals surface area contributed by atoms with Crippen LogP contribution in [0, 0.1) is 0 Å². The molecule has 172 valence electrons. The lowest BCUT2D eigenvalue weighted by Crippen LogP contribution is -2.10. The first kappa shape index (κ1) is 22.0. The van der Waals surface area contributed by atoms with Crippen molar-refractivity contribution in [1.82, 2.24) is 19.5 Å². The number of aliphatic hydroxyl groups is 1. The summed E-state index contributed by atoms with van der Waals surface area (Å²) in [6, 6.07) is 24.0. The number of ether oxygens (including phenoxy) is 2. The quantitative estimate of drug-likeness (QED) is 0.335. The SMILES string of the molecule is COCCOc1cccc2c(CCc3ccccc3)nc(-n3c(CO)nc4ccccc43)nc12. The first-order chi connectivity index (χ1) is 16.8. The highest BCUT2D eigenvalue weighted by Crippen LogP contribution is 2.29. The van der Waals surface area contributed by atoms with Crippen molar-refractivity contribution in [1.29, 1.82) is 0 Å². The van der Waals surface area contributed by atoms with Crippen LogP contribution >= 0.6 is 0 Å². The van der Waals surface area contributed by atoms with Gasteiger partial charge in [0.1, 0.15) is 30.3 Å². The number of hydrogen-bond donors (Lipinski definition) is 1. The van der Waals surface area contributed by atoms with Gasteiger partial charge in [-0.1, -0.05) is 54.6 Å². The van der Waals surface area contributed by atoms with E-state index in [0.717, 1.165) is 40.5 Å². The fourth-order valence-electron chi connectivity index (χ4n) is 4.13. The van der Waals surface area contributed by atoms with Crippen LogP contribution in [0.25, 0.3) is 27.9 Å². The molecule has 0 saturated carbocycles. The van der Waals surface area contributed by atoms with Crippen LogP contribution in [0.4, 0.5) is 0 Å². The summed E-state index contributed by atoms with van der Waals surface area (Å²) in [5.41, 5.74) is 4.52. The lowest BCUT2D eigenvalue weighted by atomic mass is 10.0. The minimum absolute atomic E-state index is 0.221. The number of imidazole rings is 1. The van der Waals surface area contributed by atoms with E-state index in [1.165, 1.54) is 5.56 Å². The first-order valence-electron chi connectivity index (χ1n) is 11.3. The maximum Gasteiger partial charge on any atom is 0.236 e. The molecule has 0 bridgehead atoms. The van der Waals surface area contributed by atoms with Gasteiger partial charge in [0.25, 0.3) is 0 Å². The zero-order valence-corrected chi connectivity index (χ0v) is 19.0. The maximum absolute atomic E-state index is 10.0. The summed E-state index contributed by atoms with van der Waals surface area (Å²) in [4.78, 5) is 14.5. The van der Waals surface area contributed by atoms with Crippen molar-refractivity contribution in [3.8, 4) is 11.7 Å². The molecule has 7 heteroatoms. The highest BCUT2D eigenvalue weighted by molar-refractivity contribution is 5.87. The van der Waals surface area contributed by atoms with Crippen molar-refractivity contribution < 1.29 is 14.6 Å². The summed E-state index contributed by atoms with van der Waals surface area (Å²) in [7, 11) is 1.65. The van der Waals surface area contributed by atoms with Gasteiger partial charge in [-0.25, -0.2) is 15.0 Å². The van der Waals surface area contributed by atoms with Crippen molar-refractivity contribution in [2.24, 2.45) is 0 Å². The molecule has 2 heterocycles. The van der Waals surface area contributed by atoms with Gasteiger partial charge in [-0.15, -0.1) is 0 Å². The second-order valence-electron chi connectivity index (χ2n) is 7.96. The number of hydrogen-bond acceptors (Lipinski definition) is 6. The third-order valence-electron chi connectivity index (χ3n) is 5.77. The van der Waals surface area contributed by atoms with Crippen molar-refractivity contribution in [3.63, 3.8) is 0 Å². The van der Waals surface area contributed by atoms with E-state index in [2.05, 4.69) is 17.1 Å². The molecule has 0 atom stereocenters. The monoisotopic (exact) mass is 454 g/mol. The number of methoxy groups -OCH3 is 1. The molecule has 5 aromatic rings. The van der Waals surface area contributed by atoms with Gasteiger partial charge in [-0.05, 0) is 36.6 Å². The van der Waals surface area contributed by atoms with Gasteiger partial charge in [-0.2, -0.15) is 0 Å². The van der Waals surface area contributed by atoms with Crippen LogP contribution in [0.2, 0.25) is 0 Å². The average molecular weight is 455 g/mol. The first-order valence-corrected chi connectivity index (χ1v) is 11.3. The number of para-hydroxylation sites is 3. The van der Waals surface area contributed by atoms with Gasteiger partial charge in [0, 0.05) is 12.5 Å². The lowest BCUT2D eigenvalue weighted by molar-refractivity contribution is 0.147. The lowest BCUT2D eigenvalue weighted by Gasteiger charge is -2.14. The Morgan fingerprint density at radius 2 is 1.65 bits per heavy atom. The van der Waals surface area contributed by atoms with Crippen LogP contribution in [0.15, 0.2) is 72.8 Å². The van der Waals surface area contributed by atoms with Gasteiger partial charge >= 0.3 is 0 Å². The van der Waals surface area contributed by atoms with E-state index in [-0.39, 0.29) is 6.61 Å². The summed E-state index contributed by atoms with van der Waals surface area (Å²) >= 11 is 0. The predicted octanol–water partition coefficient (Wildman–Crippen LogP) is 4.27. The van der Waals surface area contributed by atoms with Crippen LogP contribution in [0.3, 0.4) is 0 Å². The van der Waals surface area contributed by atoms with E-state index in [4.69, 9.17) is 19.4 Å². The largest absolute Gasteiger partial charge is 0.489 e. The minimum Gasteiger partial charge on any atom is -0.489 e. The second kappa shape index (κ2) is 9.99. The molecule has 0 aliphatic carbocycles. The van der Waals surface area contributed by atoms with E-state index >= 15 is 0 Å². The molecule has 0 unspecified atom stereocenters. The Hall–Kier alpha value is -3.81. The van der Waals surface area contributed by atoms with E-state index in [9.17, 15) is 5.11 Å².